The van der Waals surface area contributed by atoms with Crippen molar-refractivity contribution in [2.75, 3.05) is 5.32 Å². The SMILES string of the molecule is CCn1ncnc1CNc1cccc(I)c1. The second-order valence-corrected chi connectivity index (χ2v) is 4.60. The molecule has 0 amide bonds. The molecule has 0 saturated heterocycles. The van der Waals surface area contributed by atoms with Gasteiger partial charge in [0.2, 0.25) is 0 Å². The molecule has 16 heavy (non-hydrogen) atoms. The van der Waals surface area contributed by atoms with Gasteiger partial charge in [0.15, 0.2) is 0 Å². The summed E-state index contributed by atoms with van der Waals surface area (Å²) in [6.45, 7) is 3.61. The van der Waals surface area contributed by atoms with E-state index in [0.29, 0.717) is 6.54 Å². The summed E-state index contributed by atoms with van der Waals surface area (Å²) < 4.78 is 3.11. The van der Waals surface area contributed by atoms with Crippen LogP contribution in [0.4, 0.5) is 5.69 Å². The van der Waals surface area contributed by atoms with E-state index < -0.39 is 0 Å². The molecule has 1 aromatic heterocycles. The van der Waals surface area contributed by atoms with E-state index in [1.807, 2.05) is 10.7 Å². The maximum absolute atomic E-state index is 4.21. The molecular weight excluding hydrogens is 315 g/mol. The third-order valence-corrected chi connectivity index (χ3v) is 2.94. The van der Waals surface area contributed by atoms with Gasteiger partial charge < -0.3 is 5.32 Å². The molecule has 4 nitrogen and oxygen atoms in total. The summed E-state index contributed by atoms with van der Waals surface area (Å²) in [7, 11) is 0. The quantitative estimate of drug-likeness (QED) is 0.877. The minimum atomic E-state index is 0.702. The lowest BCUT2D eigenvalue weighted by Crippen LogP contribution is -2.09. The van der Waals surface area contributed by atoms with E-state index >= 15 is 0 Å². The number of halogens is 1. The van der Waals surface area contributed by atoms with Crippen molar-refractivity contribution in [2.45, 2.75) is 20.0 Å². The summed E-state index contributed by atoms with van der Waals surface area (Å²) in [5, 5.41) is 7.46. The zero-order valence-corrected chi connectivity index (χ0v) is 11.2. The molecule has 84 valence electrons. The van der Waals surface area contributed by atoms with Gasteiger partial charge in [-0.15, -0.1) is 0 Å². The molecule has 0 bridgehead atoms. The highest BCUT2D eigenvalue weighted by atomic mass is 127. The number of aryl methyl sites for hydroxylation is 1. The average molecular weight is 328 g/mol. The Kier molecular flexibility index (Phi) is 3.76. The molecular formula is C11H13IN4. The Balaban J connectivity index is 2.02. The molecule has 5 heteroatoms. The predicted molar refractivity (Wildman–Crippen MR) is 72.2 cm³/mol. The predicted octanol–water partition coefficient (Wildman–Crippen LogP) is 2.51. The second kappa shape index (κ2) is 5.29. The third-order valence-electron chi connectivity index (χ3n) is 2.27. The topological polar surface area (TPSA) is 42.7 Å². The summed E-state index contributed by atoms with van der Waals surface area (Å²) in [6.07, 6.45) is 1.59. The summed E-state index contributed by atoms with van der Waals surface area (Å²) in [4.78, 5) is 4.21. The smallest absolute Gasteiger partial charge is 0.146 e. The molecule has 2 aromatic rings. The molecule has 0 radical (unpaired) electrons. The van der Waals surface area contributed by atoms with Crippen molar-refractivity contribution in [3.63, 3.8) is 0 Å². The van der Waals surface area contributed by atoms with Crippen LogP contribution < -0.4 is 5.32 Å². The Morgan fingerprint density at radius 1 is 1.44 bits per heavy atom. The van der Waals surface area contributed by atoms with Gasteiger partial charge in [-0.1, -0.05) is 6.07 Å². The number of nitrogens with one attached hydrogen (secondary N) is 1. The van der Waals surface area contributed by atoms with E-state index in [0.717, 1.165) is 18.1 Å². The first-order valence-corrected chi connectivity index (χ1v) is 6.23. The van der Waals surface area contributed by atoms with E-state index in [1.54, 1.807) is 6.33 Å². The third kappa shape index (κ3) is 2.72. The van der Waals surface area contributed by atoms with Crippen LogP contribution in [0.5, 0.6) is 0 Å². The standard InChI is InChI=1S/C11H13IN4/c1-2-16-11(14-8-15-16)7-13-10-5-3-4-9(12)6-10/h3-6,8,13H,2,7H2,1H3. The van der Waals surface area contributed by atoms with Crippen LogP contribution in [0.2, 0.25) is 0 Å². The van der Waals surface area contributed by atoms with Crippen LogP contribution in [0.1, 0.15) is 12.7 Å². The fourth-order valence-corrected chi connectivity index (χ4v) is 2.01. The van der Waals surface area contributed by atoms with Crippen LogP contribution in [0.15, 0.2) is 30.6 Å². The molecule has 0 saturated carbocycles. The van der Waals surface area contributed by atoms with Gasteiger partial charge in [0.05, 0.1) is 6.54 Å². The highest BCUT2D eigenvalue weighted by Gasteiger charge is 2.01. The van der Waals surface area contributed by atoms with Crippen molar-refractivity contribution < 1.29 is 0 Å². The number of rotatable bonds is 4. The molecule has 1 N–H and O–H groups in total. The number of hydrogen-bond donors (Lipinski definition) is 1. The lowest BCUT2D eigenvalue weighted by atomic mass is 10.3. The Bertz CT molecular complexity index is 467. The van der Waals surface area contributed by atoms with Crippen molar-refractivity contribution in [2.24, 2.45) is 0 Å². The van der Waals surface area contributed by atoms with E-state index in [1.165, 1.54) is 3.57 Å². The summed E-state index contributed by atoms with van der Waals surface area (Å²) in [6, 6.07) is 8.26. The van der Waals surface area contributed by atoms with E-state index in [2.05, 4.69) is 63.1 Å². The Morgan fingerprint density at radius 3 is 3.06 bits per heavy atom. The fourth-order valence-electron chi connectivity index (χ4n) is 1.47. The fraction of sp³-hybridized carbons (Fsp3) is 0.273. The highest BCUT2D eigenvalue weighted by Crippen LogP contribution is 2.13. The minimum absolute atomic E-state index is 0.702. The van der Waals surface area contributed by atoms with Crippen molar-refractivity contribution in [1.29, 1.82) is 0 Å². The molecule has 0 unspecified atom stereocenters. The van der Waals surface area contributed by atoms with Crippen molar-refractivity contribution >= 4 is 28.3 Å². The van der Waals surface area contributed by atoms with Crippen LogP contribution in [-0.2, 0) is 13.1 Å². The molecule has 0 aliphatic carbocycles. The van der Waals surface area contributed by atoms with E-state index in [9.17, 15) is 0 Å². The van der Waals surface area contributed by atoms with Crippen LogP contribution >= 0.6 is 22.6 Å². The monoisotopic (exact) mass is 328 g/mol. The molecule has 0 aliphatic rings. The highest BCUT2D eigenvalue weighted by molar-refractivity contribution is 14.1. The Labute approximate surface area is 108 Å². The van der Waals surface area contributed by atoms with Gasteiger partial charge in [-0.3, -0.25) is 0 Å². The van der Waals surface area contributed by atoms with Crippen LogP contribution in [0, 0.1) is 3.57 Å². The lowest BCUT2D eigenvalue weighted by molar-refractivity contribution is 0.622. The first-order chi connectivity index (χ1) is 7.79. The van der Waals surface area contributed by atoms with Gasteiger partial charge in [-0.05, 0) is 47.7 Å². The van der Waals surface area contributed by atoms with Gasteiger partial charge in [-0.2, -0.15) is 5.10 Å². The molecule has 1 aromatic carbocycles. The minimum Gasteiger partial charge on any atom is -0.378 e. The Hall–Kier alpha value is -1.11. The van der Waals surface area contributed by atoms with Gasteiger partial charge >= 0.3 is 0 Å². The largest absolute Gasteiger partial charge is 0.378 e. The molecule has 0 fully saturated rings. The number of nitrogens with zero attached hydrogens (tertiary/aromatic N) is 3. The average Bonchev–Trinajstić information content (AvgIpc) is 2.74. The van der Waals surface area contributed by atoms with Gasteiger partial charge in [0, 0.05) is 15.8 Å². The first-order valence-electron chi connectivity index (χ1n) is 5.15. The molecule has 2 rings (SSSR count). The van der Waals surface area contributed by atoms with Crippen LogP contribution in [-0.4, -0.2) is 14.8 Å². The van der Waals surface area contributed by atoms with Crippen LogP contribution in [0.25, 0.3) is 0 Å². The molecule has 1 heterocycles. The summed E-state index contributed by atoms with van der Waals surface area (Å²) >= 11 is 2.30. The maximum Gasteiger partial charge on any atom is 0.146 e. The molecule has 0 atom stereocenters. The van der Waals surface area contributed by atoms with Gasteiger partial charge in [-0.25, -0.2) is 9.67 Å². The maximum atomic E-state index is 4.21. The zero-order chi connectivity index (χ0) is 11.4. The zero-order valence-electron chi connectivity index (χ0n) is 9.02. The van der Waals surface area contributed by atoms with Gasteiger partial charge in [0.25, 0.3) is 0 Å². The first kappa shape index (κ1) is 11.4. The molecule has 0 aliphatic heterocycles. The number of hydrogen-bond acceptors (Lipinski definition) is 3. The second-order valence-electron chi connectivity index (χ2n) is 3.36. The van der Waals surface area contributed by atoms with E-state index in [-0.39, 0.29) is 0 Å². The summed E-state index contributed by atoms with van der Waals surface area (Å²) in [5.74, 6) is 0.960. The van der Waals surface area contributed by atoms with Gasteiger partial charge in [0.1, 0.15) is 12.2 Å². The number of aromatic nitrogens is 3. The summed E-state index contributed by atoms with van der Waals surface area (Å²) in [5.41, 5.74) is 1.11. The number of anilines is 1. The molecule has 0 spiro atoms. The van der Waals surface area contributed by atoms with E-state index in [4.69, 9.17) is 0 Å². The number of benzene rings is 1. The van der Waals surface area contributed by atoms with Crippen LogP contribution in [0.3, 0.4) is 0 Å². The van der Waals surface area contributed by atoms with Crippen molar-refractivity contribution in [1.82, 2.24) is 14.8 Å². The Morgan fingerprint density at radius 2 is 2.31 bits per heavy atom. The van der Waals surface area contributed by atoms with Crippen molar-refractivity contribution in [3.8, 4) is 0 Å². The normalized spacial score (nSPS) is 10.4. The lowest BCUT2D eigenvalue weighted by Gasteiger charge is -2.06. The van der Waals surface area contributed by atoms with Crippen molar-refractivity contribution in [3.05, 3.63) is 40.0 Å².